The predicted octanol–water partition coefficient (Wildman–Crippen LogP) is 4.11. The van der Waals surface area contributed by atoms with Gasteiger partial charge in [0.25, 0.3) is 0 Å². The van der Waals surface area contributed by atoms with Gasteiger partial charge in [0.05, 0.1) is 3.92 Å². The monoisotopic (exact) mass is 278 g/mol. The first-order chi connectivity index (χ1) is 5.41. The Morgan fingerprint density at radius 2 is 1.92 bits per heavy atom. The second kappa shape index (κ2) is 3.40. The zero-order valence-corrected chi connectivity index (χ0v) is 10.2. The van der Waals surface area contributed by atoms with E-state index in [0.717, 1.165) is 11.5 Å². The predicted molar refractivity (Wildman–Crippen MR) is 59.7 cm³/mol. The Labute approximate surface area is 87.7 Å². The van der Waals surface area contributed by atoms with Gasteiger partial charge in [0.2, 0.25) is 0 Å². The highest BCUT2D eigenvalue weighted by Crippen LogP contribution is 2.40. The van der Waals surface area contributed by atoms with Crippen molar-refractivity contribution in [2.24, 2.45) is 5.41 Å². The molecule has 1 aromatic heterocycles. The van der Waals surface area contributed by atoms with Crippen molar-refractivity contribution in [1.82, 2.24) is 0 Å². The molecule has 0 saturated heterocycles. The van der Waals surface area contributed by atoms with Gasteiger partial charge in [-0.3, -0.25) is 0 Å². The largest absolute Gasteiger partial charge is 0.465 e. The lowest BCUT2D eigenvalue weighted by Crippen LogP contribution is -2.11. The van der Waals surface area contributed by atoms with Gasteiger partial charge in [-0.05, 0) is 24.5 Å². The maximum atomic E-state index is 5.56. The van der Waals surface area contributed by atoms with Crippen LogP contribution >= 0.6 is 22.6 Å². The first-order valence-corrected chi connectivity index (χ1v) is 5.36. The molecule has 1 atom stereocenters. The van der Waals surface area contributed by atoms with Crippen LogP contribution in [0.2, 0.25) is 0 Å². The molecule has 0 aliphatic rings. The minimum atomic E-state index is 0.269. The van der Waals surface area contributed by atoms with E-state index in [9.17, 15) is 0 Å². The maximum absolute atomic E-state index is 5.56. The van der Waals surface area contributed by atoms with Crippen molar-refractivity contribution < 1.29 is 4.42 Å². The molecule has 1 rings (SSSR count). The zero-order valence-electron chi connectivity index (χ0n) is 8.02. The highest BCUT2D eigenvalue weighted by Gasteiger charge is 2.25. The van der Waals surface area contributed by atoms with E-state index in [-0.39, 0.29) is 5.41 Å². The summed E-state index contributed by atoms with van der Waals surface area (Å²) in [5, 5.41) is 0. The molecule has 1 nitrogen and oxygen atoms in total. The van der Waals surface area contributed by atoms with Crippen LogP contribution in [0, 0.1) is 12.3 Å². The molecule has 0 radical (unpaired) electrons. The molecule has 0 saturated carbocycles. The summed E-state index contributed by atoms with van der Waals surface area (Å²) in [4.78, 5) is 0. The van der Waals surface area contributed by atoms with E-state index in [0.29, 0.717) is 3.92 Å². The molecule has 0 unspecified atom stereocenters. The summed E-state index contributed by atoms with van der Waals surface area (Å²) >= 11 is 2.43. The fourth-order valence-corrected chi connectivity index (χ4v) is 1.35. The topological polar surface area (TPSA) is 13.1 Å². The molecule has 1 heterocycles. The third-order valence-electron chi connectivity index (χ3n) is 1.77. The fraction of sp³-hybridized carbons (Fsp3) is 0.600. The minimum Gasteiger partial charge on any atom is -0.465 e. The first-order valence-electron chi connectivity index (χ1n) is 4.11. The Balaban J connectivity index is 2.85. The van der Waals surface area contributed by atoms with Crippen LogP contribution in [0.1, 0.15) is 36.2 Å². The van der Waals surface area contributed by atoms with Crippen LogP contribution in [0.15, 0.2) is 16.5 Å². The van der Waals surface area contributed by atoms with Crippen LogP contribution in [-0.4, -0.2) is 0 Å². The smallest absolute Gasteiger partial charge is 0.117 e. The lowest BCUT2D eigenvalue weighted by atomic mass is 9.91. The molecule has 0 aliphatic carbocycles. The highest BCUT2D eigenvalue weighted by molar-refractivity contribution is 14.1. The minimum absolute atomic E-state index is 0.269. The summed E-state index contributed by atoms with van der Waals surface area (Å²) in [6.07, 6.45) is 0. The molecule has 1 aromatic rings. The number of furan rings is 1. The maximum Gasteiger partial charge on any atom is 0.117 e. The van der Waals surface area contributed by atoms with Crippen LogP contribution in [0.3, 0.4) is 0 Å². The molecule has 0 amide bonds. The number of alkyl halides is 1. The third-order valence-corrected chi connectivity index (χ3v) is 4.25. The molecule has 0 N–H and O–H groups in total. The molecular formula is C10H15IO. The van der Waals surface area contributed by atoms with Gasteiger partial charge in [0.1, 0.15) is 11.5 Å². The summed E-state index contributed by atoms with van der Waals surface area (Å²) in [5.41, 5.74) is 0.269. The Morgan fingerprint density at radius 3 is 2.25 bits per heavy atom. The van der Waals surface area contributed by atoms with E-state index in [1.807, 2.05) is 13.0 Å². The van der Waals surface area contributed by atoms with Crippen LogP contribution in [0.4, 0.5) is 0 Å². The molecule has 0 aliphatic heterocycles. The van der Waals surface area contributed by atoms with Gasteiger partial charge in [-0.15, -0.1) is 0 Å². The summed E-state index contributed by atoms with van der Waals surface area (Å²) < 4.78 is 6.01. The average Bonchev–Trinajstić information content (AvgIpc) is 2.32. The molecule has 2 heteroatoms. The number of hydrogen-bond donors (Lipinski definition) is 0. The van der Waals surface area contributed by atoms with Crippen molar-refractivity contribution >= 4 is 22.6 Å². The molecule has 0 bridgehead atoms. The van der Waals surface area contributed by atoms with Crippen molar-refractivity contribution in [2.75, 3.05) is 0 Å². The van der Waals surface area contributed by atoms with Gasteiger partial charge < -0.3 is 4.42 Å². The van der Waals surface area contributed by atoms with E-state index in [4.69, 9.17) is 4.42 Å². The third kappa shape index (κ3) is 2.25. The van der Waals surface area contributed by atoms with Crippen LogP contribution in [0.25, 0.3) is 0 Å². The fourth-order valence-electron chi connectivity index (χ4n) is 1.02. The van der Waals surface area contributed by atoms with Gasteiger partial charge in [0.15, 0.2) is 0 Å². The van der Waals surface area contributed by atoms with Crippen LogP contribution in [-0.2, 0) is 0 Å². The first kappa shape index (κ1) is 10.1. The van der Waals surface area contributed by atoms with Crippen molar-refractivity contribution in [3.05, 3.63) is 23.7 Å². The normalized spacial score (nSPS) is 14.8. The Morgan fingerprint density at radius 1 is 1.33 bits per heavy atom. The van der Waals surface area contributed by atoms with E-state index in [1.165, 1.54) is 0 Å². The van der Waals surface area contributed by atoms with Gasteiger partial charge in [0, 0.05) is 0 Å². The average molecular weight is 278 g/mol. The summed E-state index contributed by atoms with van der Waals surface area (Å²) in [5.74, 6) is 2.08. The van der Waals surface area contributed by atoms with E-state index < -0.39 is 0 Å². The summed E-state index contributed by atoms with van der Waals surface area (Å²) in [6, 6.07) is 4.09. The van der Waals surface area contributed by atoms with Crippen LogP contribution < -0.4 is 0 Å². The van der Waals surface area contributed by atoms with Crippen molar-refractivity contribution in [3.63, 3.8) is 0 Å². The number of aryl methyl sites for hydroxylation is 1. The van der Waals surface area contributed by atoms with Gasteiger partial charge >= 0.3 is 0 Å². The highest BCUT2D eigenvalue weighted by atomic mass is 127. The quantitative estimate of drug-likeness (QED) is 0.556. The number of halogens is 1. The van der Waals surface area contributed by atoms with Gasteiger partial charge in [-0.25, -0.2) is 0 Å². The standard InChI is InChI=1S/C10H15IO/c1-7-5-6-8(12-7)9(11)10(2,3)4/h5-6,9H,1-4H3/t9-/m0/s1. The van der Waals surface area contributed by atoms with E-state index >= 15 is 0 Å². The molecular weight excluding hydrogens is 263 g/mol. The van der Waals surface area contributed by atoms with E-state index in [2.05, 4.69) is 49.4 Å². The molecule has 0 fully saturated rings. The summed E-state index contributed by atoms with van der Waals surface area (Å²) in [6.45, 7) is 8.65. The number of hydrogen-bond acceptors (Lipinski definition) is 1. The van der Waals surface area contributed by atoms with Gasteiger partial charge in [-0.2, -0.15) is 0 Å². The molecule has 12 heavy (non-hydrogen) atoms. The molecule has 0 aromatic carbocycles. The molecule has 68 valence electrons. The van der Waals surface area contributed by atoms with E-state index in [1.54, 1.807) is 0 Å². The molecule has 0 spiro atoms. The van der Waals surface area contributed by atoms with Crippen molar-refractivity contribution in [2.45, 2.75) is 31.6 Å². The zero-order chi connectivity index (χ0) is 9.35. The van der Waals surface area contributed by atoms with Crippen molar-refractivity contribution in [1.29, 1.82) is 0 Å². The number of rotatable bonds is 1. The van der Waals surface area contributed by atoms with Crippen LogP contribution in [0.5, 0.6) is 0 Å². The lowest BCUT2D eigenvalue weighted by molar-refractivity contribution is 0.361. The van der Waals surface area contributed by atoms with Crippen molar-refractivity contribution in [3.8, 4) is 0 Å². The Hall–Kier alpha value is 0.01000. The van der Waals surface area contributed by atoms with Gasteiger partial charge in [-0.1, -0.05) is 43.4 Å². The Bertz CT molecular complexity index is 257. The summed E-state index contributed by atoms with van der Waals surface area (Å²) in [7, 11) is 0. The second-order valence-corrected chi connectivity index (χ2v) is 5.42. The lowest BCUT2D eigenvalue weighted by Gasteiger charge is -2.23. The SMILES string of the molecule is Cc1ccc([C@H](I)C(C)(C)C)o1. The second-order valence-electron chi connectivity index (χ2n) is 4.18. The Kier molecular flexibility index (Phi) is 2.86.